The molecule has 0 saturated heterocycles. The second kappa shape index (κ2) is 8.77. The number of carboxylic acids is 1. The van der Waals surface area contributed by atoms with Crippen molar-refractivity contribution in [2.45, 2.75) is 25.6 Å². The molecule has 0 spiro atoms. The number of ether oxygens (including phenoxy) is 1. The van der Waals surface area contributed by atoms with Crippen LogP contribution in [0.2, 0.25) is 0 Å². The van der Waals surface area contributed by atoms with E-state index in [2.05, 4.69) is 4.98 Å². The summed E-state index contributed by atoms with van der Waals surface area (Å²) in [6.07, 6.45) is -3.97. The summed E-state index contributed by atoms with van der Waals surface area (Å²) >= 11 is 0. The minimum absolute atomic E-state index is 0.00627. The van der Waals surface area contributed by atoms with Crippen LogP contribution in [0.15, 0.2) is 66.7 Å². The average Bonchev–Trinajstić information content (AvgIpc) is 2.71. The van der Waals surface area contributed by atoms with Gasteiger partial charge in [0.2, 0.25) is 5.88 Å². The van der Waals surface area contributed by atoms with Crippen LogP contribution in [0.1, 0.15) is 23.1 Å². The Kier molecular flexibility index (Phi) is 6.16. The van der Waals surface area contributed by atoms with Crippen LogP contribution in [0.5, 0.6) is 5.88 Å². The van der Waals surface area contributed by atoms with Gasteiger partial charge in [-0.1, -0.05) is 48.5 Å². The molecule has 1 N–H and O–H groups in total. The number of halogens is 3. The maximum Gasteiger partial charge on any atom is 0.417 e. The first-order chi connectivity index (χ1) is 13.8. The van der Waals surface area contributed by atoms with Gasteiger partial charge in [-0.15, -0.1) is 0 Å². The number of aryl methyl sites for hydroxylation is 1. The van der Waals surface area contributed by atoms with E-state index in [1.54, 1.807) is 12.1 Å². The maximum atomic E-state index is 13.2. The number of hydrogen-bond donors (Lipinski definition) is 1. The highest BCUT2D eigenvalue weighted by molar-refractivity contribution is 5.67. The first kappa shape index (κ1) is 20.4. The molecule has 0 amide bonds. The Bertz CT molecular complexity index is 985. The first-order valence-electron chi connectivity index (χ1n) is 8.89. The van der Waals surface area contributed by atoms with E-state index in [9.17, 15) is 18.0 Å². The molecule has 29 heavy (non-hydrogen) atoms. The third-order valence-corrected chi connectivity index (χ3v) is 4.27. The topological polar surface area (TPSA) is 59.4 Å². The minimum atomic E-state index is -4.47. The van der Waals surface area contributed by atoms with Crippen molar-refractivity contribution in [2.75, 3.05) is 0 Å². The minimum Gasteiger partial charge on any atom is -0.481 e. The van der Waals surface area contributed by atoms with Gasteiger partial charge in [-0.25, -0.2) is 4.98 Å². The molecule has 0 aliphatic carbocycles. The van der Waals surface area contributed by atoms with Gasteiger partial charge in [-0.2, -0.15) is 13.2 Å². The van der Waals surface area contributed by atoms with Crippen LogP contribution >= 0.6 is 0 Å². The summed E-state index contributed by atoms with van der Waals surface area (Å²) in [6, 6.07) is 17.3. The van der Waals surface area contributed by atoms with Crippen molar-refractivity contribution >= 4 is 5.97 Å². The largest absolute Gasteiger partial charge is 0.481 e. The lowest BCUT2D eigenvalue weighted by Gasteiger charge is -2.13. The SMILES string of the molecule is O=C(O)CCc1ccc(COc2cccc(-c3ccccc3C(F)(F)F)n2)cc1. The van der Waals surface area contributed by atoms with Gasteiger partial charge in [-0.05, 0) is 29.7 Å². The summed E-state index contributed by atoms with van der Waals surface area (Å²) < 4.78 is 45.4. The quantitative estimate of drug-likeness (QED) is 0.579. The van der Waals surface area contributed by atoms with Gasteiger partial charge in [-0.3, -0.25) is 4.79 Å². The molecule has 0 bridgehead atoms. The van der Waals surface area contributed by atoms with E-state index in [4.69, 9.17) is 9.84 Å². The molecule has 0 aliphatic heterocycles. The Morgan fingerprint density at radius 1 is 0.931 bits per heavy atom. The zero-order chi connectivity index (χ0) is 20.9. The van der Waals surface area contributed by atoms with Gasteiger partial charge >= 0.3 is 12.1 Å². The number of pyridine rings is 1. The van der Waals surface area contributed by atoms with Crippen LogP contribution in [-0.4, -0.2) is 16.1 Å². The summed E-state index contributed by atoms with van der Waals surface area (Å²) in [4.78, 5) is 14.8. The maximum absolute atomic E-state index is 13.2. The monoisotopic (exact) mass is 401 g/mol. The number of nitrogens with zero attached hydrogens (tertiary/aromatic N) is 1. The molecule has 0 unspecified atom stereocenters. The van der Waals surface area contributed by atoms with Crippen molar-refractivity contribution < 1.29 is 27.8 Å². The molecule has 3 aromatic rings. The molecule has 7 heteroatoms. The molecule has 0 saturated carbocycles. The van der Waals surface area contributed by atoms with E-state index < -0.39 is 17.7 Å². The highest BCUT2D eigenvalue weighted by atomic mass is 19.4. The molecule has 150 valence electrons. The van der Waals surface area contributed by atoms with Gasteiger partial charge in [0.05, 0.1) is 11.3 Å². The van der Waals surface area contributed by atoms with Crippen molar-refractivity contribution in [1.82, 2.24) is 4.98 Å². The van der Waals surface area contributed by atoms with Crippen molar-refractivity contribution in [3.05, 3.63) is 83.4 Å². The van der Waals surface area contributed by atoms with Crippen LogP contribution in [0.3, 0.4) is 0 Å². The molecular formula is C22H18F3NO3. The lowest BCUT2D eigenvalue weighted by Crippen LogP contribution is -2.07. The number of carbonyl (C=O) groups is 1. The second-order valence-electron chi connectivity index (χ2n) is 6.40. The number of carboxylic acid groups (broad SMARTS) is 1. The normalized spacial score (nSPS) is 11.3. The Hall–Kier alpha value is -3.35. The molecule has 1 heterocycles. The Labute approximate surface area is 165 Å². The summed E-state index contributed by atoms with van der Waals surface area (Å²) in [6.45, 7) is 0.191. The van der Waals surface area contributed by atoms with Crippen molar-refractivity contribution in [2.24, 2.45) is 0 Å². The number of benzene rings is 2. The van der Waals surface area contributed by atoms with Crippen molar-refractivity contribution in [3.8, 4) is 17.1 Å². The fraction of sp³-hybridized carbons (Fsp3) is 0.182. The summed E-state index contributed by atoms with van der Waals surface area (Å²) in [5.41, 5.74) is 1.17. The van der Waals surface area contributed by atoms with Gasteiger partial charge in [0.15, 0.2) is 0 Å². The Morgan fingerprint density at radius 2 is 1.62 bits per heavy atom. The fourth-order valence-electron chi connectivity index (χ4n) is 2.81. The molecule has 0 aliphatic rings. The number of aliphatic carboxylic acids is 1. The van der Waals surface area contributed by atoms with E-state index in [1.165, 1.54) is 24.3 Å². The molecule has 3 rings (SSSR count). The highest BCUT2D eigenvalue weighted by Gasteiger charge is 2.33. The Morgan fingerprint density at radius 3 is 2.31 bits per heavy atom. The summed E-state index contributed by atoms with van der Waals surface area (Å²) in [5.74, 6) is -0.634. The summed E-state index contributed by atoms with van der Waals surface area (Å²) in [5, 5.41) is 8.72. The zero-order valence-electron chi connectivity index (χ0n) is 15.3. The van der Waals surface area contributed by atoms with Crippen molar-refractivity contribution in [3.63, 3.8) is 0 Å². The van der Waals surface area contributed by atoms with E-state index in [1.807, 2.05) is 24.3 Å². The number of aromatic nitrogens is 1. The second-order valence-corrected chi connectivity index (χ2v) is 6.40. The molecule has 0 fully saturated rings. The van der Waals surface area contributed by atoms with Crippen LogP contribution in [-0.2, 0) is 24.0 Å². The first-order valence-corrected chi connectivity index (χ1v) is 8.89. The Balaban J connectivity index is 1.71. The molecule has 0 atom stereocenters. The predicted molar refractivity (Wildman–Crippen MR) is 101 cm³/mol. The lowest BCUT2D eigenvalue weighted by atomic mass is 10.0. The zero-order valence-corrected chi connectivity index (χ0v) is 15.3. The van der Waals surface area contributed by atoms with E-state index in [0.717, 1.165) is 17.2 Å². The molecule has 0 radical (unpaired) electrons. The van der Waals surface area contributed by atoms with Gasteiger partial charge in [0.25, 0.3) is 0 Å². The standard InChI is InChI=1S/C22H18F3NO3/c23-22(24,25)18-5-2-1-4-17(18)19-6-3-7-20(26-19)29-14-16-10-8-15(9-11-16)12-13-21(27)28/h1-11H,12-14H2,(H,27,28). The average molecular weight is 401 g/mol. The van der Waals surface area contributed by atoms with Crippen LogP contribution in [0.4, 0.5) is 13.2 Å². The van der Waals surface area contributed by atoms with Gasteiger partial charge in [0, 0.05) is 18.1 Å². The van der Waals surface area contributed by atoms with E-state index in [-0.39, 0.29) is 30.2 Å². The van der Waals surface area contributed by atoms with Gasteiger partial charge < -0.3 is 9.84 Å². The number of hydrogen-bond acceptors (Lipinski definition) is 3. The smallest absolute Gasteiger partial charge is 0.417 e. The van der Waals surface area contributed by atoms with E-state index >= 15 is 0 Å². The van der Waals surface area contributed by atoms with Crippen LogP contribution in [0, 0.1) is 0 Å². The van der Waals surface area contributed by atoms with Crippen LogP contribution < -0.4 is 4.74 Å². The number of alkyl halides is 3. The molecule has 4 nitrogen and oxygen atoms in total. The predicted octanol–water partition coefficient (Wildman–Crippen LogP) is 5.36. The third kappa shape index (κ3) is 5.57. The van der Waals surface area contributed by atoms with Gasteiger partial charge in [0.1, 0.15) is 6.61 Å². The third-order valence-electron chi connectivity index (χ3n) is 4.27. The van der Waals surface area contributed by atoms with Crippen molar-refractivity contribution in [1.29, 1.82) is 0 Å². The molecular weight excluding hydrogens is 383 g/mol. The molecule has 2 aromatic carbocycles. The van der Waals surface area contributed by atoms with E-state index in [0.29, 0.717) is 6.42 Å². The lowest BCUT2D eigenvalue weighted by molar-refractivity contribution is -0.137. The number of rotatable bonds is 7. The fourth-order valence-corrected chi connectivity index (χ4v) is 2.81. The highest BCUT2D eigenvalue weighted by Crippen LogP contribution is 2.36. The van der Waals surface area contributed by atoms with Crippen LogP contribution in [0.25, 0.3) is 11.3 Å². The summed E-state index contributed by atoms with van der Waals surface area (Å²) in [7, 11) is 0. The molecule has 1 aromatic heterocycles.